The lowest BCUT2D eigenvalue weighted by molar-refractivity contribution is -0.122. The molecule has 0 spiro atoms. The molecule has 1 N–H and O–H groups in total. The molecule has 1 fully saturated rings. The summed E-state index contributed by atoms with van der Waals surface area (Å²) in [5.74, 6) is 0.409. The molecule has 3 rings (SSSR count). The van der Waals surface area contributed by atoms with E-state index in [1.807, 2.05) is 30.3 Å². The average molecular weight is 315 g/mol. The second kappa shape index (κ2) is 7.82. The van der Waals surface area contributed by atoms with E-state index in [0.29, 0.717) is 12.4 Å². The third-order valence-electron chi connectivity index (χ3n) is 3.83. The SMILES string of the molecule is O=C(Cn1nnc(-c2ccccc2)n1)NCCC1CCCCO1. The van der Waals surface area contributed by atoms with Gasteiger partial charge in [-0.3, -0.25) is 4.79 Å². The van der Waals surface area contributed by atoms with Crippen LogP contribution in [-0.4, -0.2) is 45.4 Å². The summed E-state index contributed by atoms with van der Waals surface area (Å²) in [7, 11) is 0. The van der Waals surface area contributed by atoms with Gasteiger partial charge in [0.15, 0.2) is 0 Å². The zero-order chi connectivity index (χ0) is 15.9. The first-order valence-electron chi connectivity index (χ1n) is 8.03. The Morgan fingerprint density at radius 2 is 2.17 bits per heavy atom. The number of carbonyl (C=O) groups is 1. The summed E-state index contributed by atoms with van der Waals surface area (Å²) in [5, 5.41) is 15.0. The van der Waals surface area contributed by atoms with Crippen LogP contribution in [0.3, 0.4) is 0 Å². The van der Waals surface area contributed by atoms with Gasteiger partial charge < -0.3 is 10.1 Å². The molecule has 1 unspecified atom stereocenters. The second-order valence-electron chi connectivity index (χ2n) is 5.64. The minimum absolute atomic E-state index is 0.0748. The summed E-state index contributed by atoms with van der Waals surface area (Å²) in [5.41, 5.74) is 0.883. The van der Waals surface area contributed by atoms with Crippen LogP contribution in [0.15, 0.2) is 30.3 Å². The highest BCUT2D eigenvalue weighted by Gasteiger charge is 2.14. The van der Waals surface area contributed by atoms with Gasteiger partial charge in [0.25, 0.3) is 0 Å². The van der Waals surface area contributed by atoms with Crippen molar-refractivity contribution in [2.75, 3.05) is 13.2 Å². The summed E-state index contributed by atoms with van der Waals surface area (Å²) >= 11 is 0. The van der Waals surface area contributed by atoms with Crippen molar-refractivity contribution in [3.05, 3.63) is 30.3 Å². The number of amides is 1. The van der Waals surface area contributed by atoms with Gasteiger partial charge in [-0.05, 0) is 30.9 Å². The van der Waals surface area contributed by atoms with Crippen molar-refractivity contribution in [1.82, 2.24) is 25.5 Å². The molecular weight excluding hydrogens is 294 g/mol. The van der Waals surface area contributed by atoms with Crippen molar-refractivity contribution in [2.45, 2.75) is 38.3 Å². The number of carbonyl (C=O) groups excluding carboxylic acids is 1. The number of nitrogens with zero attached hydrogens (tertiary/aromatic N) is 4. The van der Waals surface area contributed by atoms with E-state index in [9.17, 15) is 4.79 Å². The van der Waals surface area contributed by atoms with Crippen LogP contribution in [0.25, 0.3) is 11.4 Å². The van der Waals surface area contributed by atoms with Gasteiger partial charge >= 0.3 is 0 Å². The van der Waals surface area contributed by atoms with Crippen molar-refractivity contribution in [3.8, 4) is 11.4 Å². The average Bonchev–Trinajstić information content (AvgIpc) is 3.05. The first kappa shape index (κ1) is 15.6. The highest BCUT2D eigenvalue weighted by atomic mass is 16.5. The minimum atomic E-state index is -0.113. The van der Waals surface area contributed by atoms with E-state index >= 15 is 0 Å². The van der Waals surface area contributed by atoms with Gasteiger partial charge in [0.05, 0.1) is 6.10 Å². The van der Waals surface area contributed by atoms with Crippen molar-refractivity contribution in [3.63, 3.8) is 0 Å². The zero-order valence-corrected chi connectivity index (χ0v) is 13.0. The molecule has 1 atom stereocenters. The Kier molecular flexibility index (Phi) is 5.31. The van der Waals surface area contributed by atoms with E-state index < -0.39 is 0 Å². The zero-order valence-electron chi connectivity index (χ0n) is 13.0. The summed E-state index contributed by atoms with van der Waals surface area (Å²) in [6.45, 7) is 1.53. The summed E-state index contributed by atoms with van der Waals surface area (Å²) < 4.78 is 5.64. The Balaban J connectivity index is 1.44. The molecule has 0 saturated carbocycles. The van der Waals surface area contributed by atoms with Crippen LogP contribution < -0.4 is 5.32 Å². The summed E-state index contributed by atoms with van der Waals surface area (Å²) in [6.07, 6.45) is 4.57. The fraction of sp³-hybridized carbons (Fsp3) is 0.500. The first-order chi connectivity index (χ1) is 11.3. The first-order valence-corrected chi connectivity index (χ1v) is 8.03. The van der Waals surface area contributed by atoms with E-state index in [2.05, 4.69) is 20.7 Å². The standard InChI is InChI=1S/C16H21N5O2/c22-15(17-10-9-14-8-4-5-11-23-14)12-21-19-16(18-20-21)13-6-2-1-3-7-13/h1-3,6-7,14H,4-5,8-12H2,(H,17,22). The van der Waals surface area contributed by atoms with E-state index in [4.69, 9.17) is 4.74 Å². The third-order valence-corrected chi connectivity index (χ3v) is 3.83. The van der Waals surface area contributed by atoms with Crippen LogP contribution >= 0.6 is 0 Å². The number of tetrazole rings is 1. The van der Waals surface area contributed by atoms with Gasteiger partial charge in [0.1, 0.15) is 6.54 Å². The maximum absolute atomic E-state index is 11.9. The van der Waals surface area contributed by atoms with Crippen LogP contribution in [-0.2, 0) is 16.1 Å². The van der Waals surface area contributed by atoms with Gasteiger partial charge in [0, 0.05) is 18.7 Å². The molecule has 122 valence electrons. The van der Waals surface area contributed by atoms with Crippen LogP contribution in [0.5, 0.6) is 0 Å². The van der Waals surface area contributed by atoms with Crippen molar-refractivity contribution >= 4 is 5.91 Å². The quantitative estimate of drug-likeness (QED) is 0.871. The van der Waals surface area contributed by atoms with E-state index in [1.54, 1.807) is 0 Å². The molecule has 2 aromatic rings. The normalized spacial score (nSPS) is 17.8. The van der Waals surface area contributed by atoms with Crippen molar-refractivity contribution in [2.24, 2.45) is 0 Å². The van der Waals surface area contributed by atoms with Crippen LogP contribution in [0.2, 0.25) is 0 Å². The lowest BCUT2D eigenvalue weighted by atomic mass is 10.1. The van der Waals surface area contributed by atoms with E-state index in [1.165, 1.54) is 11.2 Å². The molecule has 0 radical (unpaired) electrons. The van der Waals surface area contributed by atoms with Crippen LogP contribution in [0.4, 0.5) is 0 Å². The number of aromatic nitrogens is 4. The predicted molar refractivity (Wildman–Crippen MR) is 84.5 cm³/mol. The fourth-order valence-corrected chi connectivity index (χ4v) is 2.60. The molecule has 7 nitrogen and oxygen atoms in total. The second-order valence-corrected chi connectivity index (χ2v) is 5.64. The van der Waals surface area contributed by atoms with Gasteiger partial charge in [-0.1, -0.05) is 30.3 Å². The maximum atomic E-state index is 11.9. The number of nitrogens with one attached hydrogen (secondary N) is 1. The number of hydrogen-bond donors (Lipinski definition) is 1. The molecule has 1 amide bonds. The predicted octanol–water partition coefficient (Wildman–Crippen LogP) is 1.42. The molecule has 1 aromatic heterocycles. The van der Waals surface area contributed by atoms with E-state index in [-0.39, 0.29) is 18.6 Å². The topological polar surface area (TPSA) is 81.9 Å². The largest absolute Gasteiger partial charge is 0.378 e. The molecule has 1 aliphatic rings. The highest BCUT2D eigenvalue weighted by Crippen LogP contribution is 2.15. The summed E-state index contributed by atoms with van der Waals surface area (Å²) in [4.78, 5) is 13.2. The number of rotatable bonds is 6. The van der Waals surface area contributed by atoms with Crippen LogP contribution in [0, 0.1) is 0 Å². The van der Waals surface area contributed by atoms with Gasteiger partial charge in [0.2, 0.25) is 11.7 Å². The molecular formula is C16H21N5O2. The number of ether oxygens (including phenoxy) is 1. The molecule has 2 heterocycles. The van der Waals surface area contributed by atoms with Gasteiger partial charge in [-0.15, -0.1) is 10.2 Å². The monoisotopic (exact) mass is 315 g/mol. The smallest absolute Gasteiger partial charge is 0.243 e. The molecule has 0 bridgehead atoms. The maximum Gasteiger partial charge on any atom is 0.243 e. The lowest BCUT2D eigenvalue weighted by Crippen LogP contribution is -2.32. The Hall–Kier alpha value is -2.28. The number of benzene rings is 1. The Bertz CT molecular complexity index is 622. The molecule has 23 heavy (non-hydrogen) atoms. The molecule has 1 saturated heterocycles. The Labute approximate surface area is 135 Å². The third kappa shape index (κ3) is 4.59. The Morgan fingerprint density at radius 1 is 1.30 bits per heavy atom. The van der Waals surface area contributed by atoms with Gasteiger partial charge in [-0.2, -0.15) is 4.80 Å². The fourth-order valence-electron chi connectivity index (χ4n) is 2.60. The minimum Gasteiger partial charge on any atom is -0.378 e. The van der Waals surface area contributed by atoms with Crippen LogP contribution in [0.1, 0.15) is 25.7 Å². The molecule has 0 aliphatic carbocycles. The summed E-state index contributed by atoms with van der Waals surface area (Å²) in [6, 6.07) is 9.57. The molecule has 1 aliphatic heterocycles. The lowest BCUT2D eigenvalue weighted by Gasteiger charge is -2.22. The van der Waals surface area contributed by atoms with Crippen molar-refractivity contribution < 1.29 is 9.53 Å². The molecule has 7 heteroatoms. The Morgan fingerprint density at radius 3 is 2.96 bits per heavy atom. The molecule has 1 aromatic carbocycles. The highest BCUT2D eigenvalue weighted by molar-refractivity contribution is 5.75. The van der Waals surface area contributed by atoms with Gasteiger partial charge in [-0.25, -0.2) is 0 Å². The van der Waals surface area contributed by atoms with E-state index in [0.717, 1.165) is 31.4 Å². The van der Waals surface area contributed by atoms with Crippen molar-refractivity contribution in [1.29, 1.82) is 0 Å². The number of hydrogen-bond acceptors (Lipinski definition) is 5.